The van der Waals surface area contributed by atoms with Crippen LogP contribution in [-0.4, -0.2) is 41.3 Å². The van der Waals surface area contributed by atoms with Gasteiger partial charge in [0.05, 0.1) is 5.01 Å². The van der Waals surface area contributed by atoms with Gasteiger partial charge in [0, 0.05) is 36.1 Å². The number of likely N-dealkylation sites (tertiary alicyclic amines) is 1. The highest BCUT2D eigenvalue weighted by atomic mass is 35.5. The monoisotopic (exact) mass is 422 g/mol. The Labute approximate surface area is 175 Å². The van der Waals surface area contributed by atoms with Crippen molar-refractivity contribution in [2.45, 2.75) is 33.1 Å². The summed E-state index contributed by atoms with van der Waals surface area (Å²) in [6.45, 7) is 6.26. The number of halogens is 1. The molecule has 6 nitrogen and oxygen atoms in total. The molecule has 0 radical (unpaired) electrons. The van der Waals surface area contributed by atoms with Crippen molar-refractivity contribution in [1.82, 2.24) is 9.88 Å². The van der Waals surface area contributed by atoms with Gasteiger partial charge in [-0.1, -0.05) is 6.92 Å². The predicted octanol–water partition coefficient (Wildman–Crippen LogP) is 3.50. The molecule has 152 valence electrons. The smallest absolute Gasteiger partial charge is 0.275 e. The van der Waals surface area contributed by atoms with Crippen LogP contribution in [0.5, 0.6) is 0 Å². The van der Waals surface area contributed by atoms with Crippen LogP contribution < -0.4 is 11.1 Å². The maximum atomic E-state index is 12.7. The molecule has 1 aliphatic rings. The molecule has 0 unspecified atom stereocenters. The number of carbonyl (C=O) groups is 2. The Morgan fingerprint density at radius 2 is 2.04 bits per heavy atom. The fraction of sp³-hybridized carbons (Fsp3) is 0.450. The van der Waals surface area contributed by atoms with Gasteiger partial charge in [0.15, 0.2) is 0 Å². The number of nitrogens with zero attached hydrogens (tertiary/aromatic N) is 2. The van der Waals surface area contributed by atoms with Crippen LogP contribution in [0.1, 0.15) is 51.2 Å². The minimum Gasteiger partial charge on any atom is -0.339 e. The average molecular weight is 423 g/mol. The van der Waals surface area contributed by atoms with Gasteiger partial charge in [0.2, 0.25) is 0 Å². The standard InChI is InChI=1S/C20H26N4O2S.ClH/c1-13-6-9-24(10-7-13)20(26)15-3-4-16(14(2)11-15)23-19(25)17-12-27-18(22-17)5-8-21;/h3-4,11-13H,5-10,21H2,1-2H3,(H,23,25);1H. The van der Waals surface area contributed by atoms with E-state index in [1.54, 1.807) is 17.5 Å². The zero-order valence-corrected chi connectivity index (χ0v) is 17.9. The number of amides is 2. The van der Waals surface area contributed by atoms with Gasteiger partial charge < -0.3 is 16.0 Å². The number of hydrogen-bond donors (Lipinski definition) is 2. The van der Waals surface area contributed by atoms with E-state index >= 15 is 0 Å². The van der Waals surface area contributed by atoms with Crippen LogP contribution in [0.15, 0.2) is 23.6 Å². The molecular formula is C20H27ClN4O2S. The van der Waals surface area contributed by atoms with Gasteiger partial charge in [-0.25, -0.2) is 4.98 Å². The van der Waals surface area contributed by atoms with Gasteiger partial charge in [0.25, 0.3) is 11.8 Å². The first-order valence-corrected chi connectivity index (χ1v) is 10.2. The minimum absolute atomic E-state index is 0. The number of aryl methyl sites for hydroxylation is 1. The first kappa shape index (κ1) is 22.3. The van der Waals surface area contributed by atoms with Gasteiger partial charge >= 0.3 is 0 Å². The second kappa shape index (κ2) is 10.0. The normalized spacial score (nSPS) is 14.5. The fourth-order valence-corrected chi connectivity index (χ4v) is 3.97. The molecule has 8 heteroatoms. The van der Waals surface area contributed by atoms with Crippen LogP contribution in [0.25, 0.3) is 0 Å². The molecule has 28 heavy (non-hydrogen) atoms. The van der Waals surface area contributed by atoms with Crippen LogP contribution in [0.4, 0.5) is 5.69 Å². The molecule has 0 saturated carbocycles. The van der Waals surface area contributed by atoms with E-state index in [0.29, 0.717) is 35.8 Å². The number of anilines is 1. The van der Waals surface area contributed by atoms with Gasteiger partial charge in [-0.05, 0) is 56.0 Å². The summed E-state index contributed by atoms with van der Waals surface area (Å²) >= 11 is 1.44. The lowest BCUT2D eigenvalue weighted by Crippen LogP contribution is -2.37. The van der Waals surface area contributed by atoms with Crippen LogP contribution in [0.3, 0.4) is 0 Å². The summed E-state index contributed by atoms with van der Waals surface area (Å²) in [6, 6.07) is 5.42. The summed E-state index contributed by atoms with van der Waals surface area (Å²) in [4.78, 5) is 31.3. The summed E-state index contributed by atoms with van der Waals surface area (Å²) in [5.41, 5.74) is 8.13. The molecule has 3 rings (SSSR count). The van der Waals surface area contributed by atoms with Gasteiger partial charge in [-0.2, -0.15) is 0 Å². The molecule has 1 aromatic carbocycles. The Kier molecular flexibility index (Phi) is 7.98. The second-order valence-electron chi connectivity index (χ2n) is 7.12. The zero-order valence-electron chi connectivity index (χ0n) is 16.2. The van der Waals surface area contributed by atoms with E-state index in [4.69, 9.17) is 5.73 Å². The highest BCUT2D eigenvalue weighted by Crippen LogP contribution is 2.22. The van der Waals surface area contributed by atoms with Crippen molar-refractivity contribution >= 4 is 41.2 Å². The quantitative estimate of drug-likeness (QED) is 0.771. The van der Waals surface area contributed by atoms with E-state index in [1.807, 2.05) is 17.9 Å². The molecule has 2 aromatic rings. The van der Waals surface area contributed by atoms with Gasteiger partial charge in [-0.15, -0.1) is 23.7 Å². The maximum Gasteiger partial charge on any atom is 0.275 e. The van der Waals surface area contributed by atoms with Crippen LogP contribution >= 0.6 is 23.7 Å². The molecule has 0 aliphatic carbocycles. The number of nitrogens with one attached hydrogen (secondary N) is 1. The Morgan fingerprint density at radius 3 is 2.68 bits per heavy atom. The van der Waals surface area contributed by atoms with Gasteiger partial charge in [-0.3, -0.25) is 9.59 Å². The molecule has 1 fully saturated rings. The van der Waals surface area contributed by atoms with E-state index in [1.165, 1.54) is 11.3 Å². The molecule has 1 aliphatic heterocycles. The van der Waals surface area contributed by atoms with Crippen molar-refractivity contribution in [2.24, 2.45) is 11.7 Å². The summed E-state index contributed by atoms with van der Waals surface area (Å²) in [5, 5.41) is 5.48. The summed E-state index contributed by atoms with van der Waals surface area (Å²) < 4.78 is 0. The van der Waals surface area contributed by atoms with Crippen molar-refractivity contribution in [1.29, 1.82) is 0 Å². The van der Waals surface area contributed by atoms with E-state index in [2.05, 4.69) is 17.2 Å². The number of nitrogens with two attached hydrogens (primary N) is 1. The molecule has 0 spiro atoms. The number of thiazole rings is 1. The zero-order chi connectivity index (χ0) is 19.4. The van der Waals surface area contributed by atoms with E-state index in [0.717, 1.165) is 36.5 Å². The van der Waals surface area contributed by atoms with Crippen molar-refractivity contribution in [3.63, 3.8) is 0 Å². The van der Waals surface area contributed by atoms with Crippen molar-refractivity contribution < 1.29 is 9.59 Å². The van der Waals surface area contributed by atoms with Gasteiger partial charge in [0.1, 0.15) is 5.69 Å². The third-order valence-corrected chi connectivity index (χ3v) is 5.84. The highest BCUT2D eigenvalue weighted by molar-refractivity contribution is 7.09. The number of carbonyl (C=O) groups excluding carboxylic acids is 2. The van der Waals surface area contributed by atoms with Crippen LogP contribution in [0, 0.1) is 12.8 Å². The van der Waals surface area contributed by atoms with Crippen LogP contribution in [0.2, 0.25) is 0 Å². The lowest BCUT2D eigenvalue weighted by molar-refractivity contribution is 0.0697. The van der Waals surface area contributed by atoms with Crippen molar-refractivity contribution in [3.05, 3.63) is 45.4 Å². The van der Waals surface area contributed by atoms with Crippen LogP contribution in [-0.2, 0) is 6.42 Å². The largest absolute Gasteiger partial charge is 0.339 e. The average Bonchev–Trinajstić information content (AvgIpc) is 3.12. The molecular weight excluding hydrogens is 396 g/mol. The van der Waals surface area contributed by atoms with Crippen molar-refractivity contribution in [2.75, 3.05) is 25.0 Å². The number of aromatic nitrogens is 1. The molecule has 0 bridgehead atoms. The Morgan fingerprint density at radius 1 is 1.32 bits per heavy atom. The topological polar surface area (TPSA) is 88.3 Å². The number of rotatable bonds is 5. The predicted molar refractivity (Wildman–Crippen MR) is 116 cm³/mol. The minimum atomic E-state index is -0.248. The lowest BCUT2D eigenvalue weighted by atomic mass is 9.98. The van der Waals surface area contributed by atoms with E-state index < -0.39 is 0 Å². The summed E-state index contributed by atoms with van der Waals surface area (Å²) in [7, 11) is 0. The van der Waals surface area contributed by atoms with E-state index in [-0.39, 0.29) is 24.2 Å². The second-order valence-corrected chi connectivity index (χ2v) is 8.07. The first-order valence-electron chi connectivity index (χ1n) is 9.33. The first-order chi connectivity index (χ1) is 13.0. The Balaban J connectivity index is 0.00000280. The summed E-state index contributed by atoms with van der Waals surface area (Å²) in [6.07, 6.45) is 2.78. The number of piperidine rings is 1. The lowest BCUT2D eigenvalue weighted by Gasteiger charge is -2.30. The third-order valence-electron chi connectivity index (χ3n) is 4.93. The maximum absolute atomic E-state index is 12.7. The number of benzene rings is 1. The Hall–Kier alpha value is -1.96. The molecule has 1 saturated heterocycles. The summed E-state index contributed by atoms with van der Waals surface area (Å²) in [5.74, 6) is 0.500. The molecule has 2 heterocycles. The Bertz CT molecular complexity index is 831. The van der Waals surface area contributed by atoms with E-state index in [9.17, 15) is 9.59 Å². The van der Waals surface area contributed by atoms with Crippen molar-refractivity contribution in [3.8, 4) is 0 Å². The SMILES string of the molecule is Cc1cc(C(=O)N2CCC(C)CC2)ccc1NC(=O)c1csc(CCN)n1.Cl. The number of hydrogen-bond acceptors (Lipinski definition) is 5. The fourth-order valence-electron chi connectivity index (χ4n) is 3.17. The third kappa shape index (κ3) is 5.31. The molecule has 1 aromatic heterocycles. The molecule has 3 N–H and O–H groups in total. The highest BCUT2D eigenvalue weighted by Gasteiger charge is 2.22. The molecule has 0 atom stereocenters. The molecule has 2 amide bonds.